The number of nitrogens with zero attached hydrogens (tertiary/aromatic N) is 1. The second-order valence-corrected chi connectivity index (χ2v) is 7.98. The van der Waals surface area contributed by atoms with Gasteiger partial charge in [0.05, 0.1) is 5.41 Å². The summed E-state index contributed by atoms with van der Waals surface area (Å²) in [5, 5.41) is 3.18. The maximum atomic E-state index is 13.7. The number of nitrogens with one attached hydrogen (secondary N) is 1. The molecule has 1 aliphatic carbocycles. The van der Waals surface area contributed by atoms with Crippen LogP contribution < -0.4 is 5.32 Å². The number of halogens is 1. The lowest BCUT2D eigenvalue weighted by molar-refractivity contribution is -0.126. The van der Waals surface area contributed by atoms with Crippen LogP contribution in [0.1, 0.15) is 57.4 Å². The molecular weight excluding hydrogens is 315 g/mol. The van der Waals surface area contributed by atoms with E-state index < -0.39 is 5.41 Å². The molecule has 3 rings (SSSR count). The fourth-order valence-electron chi connectivity index (χ4n) is 4.49. The molecule has 1 saturated carbocycles. The Morgan fingerprint density at radius 2 is 1.92 bits per heavy atom. The van der Waals surface area contributed by atoms with Crippen LogP contribution in [0.15, 0.2) is 24.3 Å². The quantitative estimate of drug-likeness (QED) is 0.848. The fraction of sp³-hybridized carbons (Fsp3) is 0.667. The number of piperidine rings is 1. The predicted molar refractivity (Wildman–Crippen MR) is 99.0 cm³/mol. The Labute approximate surface area is 151 Å². The van der Waals surface area contributed by atoms with Gasteiger partial charge in [-0.15, -0.1) is 0 Å². The minimum Gasteiger partial charge on any atom is -0.355 e. The lowest BCUT2D eigenvalue weighted by atomic mass is 9.78. The third kappa shape index (κ3) is 4.41. The Bertz CT molecular complexity index is 577. The van der Waals surface area contributed by atoms with Gasteiger partial charge in [0.1, 0.15) is 5.82 Å². The van der Waals surface area contributed by atoms with Crippen molar-refractivity contribution in [3.63, 3.8) is 0 Å². The van der Waals surface area contributed by atoms with E-state index in [4.69, 9.17) is 0 Å². The van der Waals surface area contributed by atoms with Gasteiger partial charge in [-0.1, -0.05) is 38.3 Å². The van der Waals surface area contributed by atoms with Crippen LogP contribution in [-0.2, 0) is 10.2 Å². The molecule has 0 aromatic heterocycles. The smallest absolute Gasteiger partial charge is 0.230 e. The molecule has 0 radical (unpaired) electrons. The topological polar surface area (TPSA) is 32.3 Å². The highest BCUT2D eigenvalue weighted by molar-refractivity contribution is 5.88. The fourth-order valence-corrected chi connectivity index (χ4v) is 4.49. The van der Waals surface area contributed by atoms with Crippen LogP contribution in [0.4, 0.5) is 4.39 Å². The second-order valence-electron chi connectivity index (χ2n) is 7.98. The zero-order chi connectivity index (χ0) is 17.7. The number of hydrogen-bond acceptors (Lipinski definition) is 2. The maximum absolute atomic E-state index is 13.7. The van der Waals surface area contributed by atoms with E-state index in [1.165, 1.54) is 38.4 Å². The SMILES string of the molecule is CC(CNC(=O)C1(c2cccc(F)c2)CCCC1)CN1CCCCC1. The van der Waals surface area contributed by atoms with E-state index in [0.29, 0.717) is 12.5 Å². The minimum absolute atomic E-state index is 0.0843. The summed E-state index contributed by atoms with van der Waals surface area (Å²) in [5.41, 5.74) is 0.304. The third-order valence-corrected chi connectivity index (χ3v) is 5.90. The number of hydrogen-bond donors (Lipinski definition) is 1. The molecule has 1 aromatic carbocycles. The monoisotopic (exact) mass is 346 g/mol. The van der Waals surface area contributed by atoms with Crippen molar-refractivity contribution in [2.24, 2.45) is 5.92 Å². The van der Waals surface area contributed by atoms with E-state index in [1.54, 1.807) is 12.1 Å². The van der Waals surface area contributed by atoms with Crippen LogP contribution in [0.25, 0.3) is 0 Å². The number of likely N-dealkylation sites (tertiary alicyclic amines) is 1. The summed E-state index contributed by atoms with van der Waals surface area (Å²) in [5.74, 6) is 0.268. The van der Waals surface area contributed by atoms with Crippen LogP contribution in [-0.4, -0.2) is 37.0 Å². The maximum Gasteiger partial charge on any atom is 0.230 e. The van der Waals surface area contributed by atoms with Crippen LogP contribution in [0.2, 0.25) is 0 Å². The highest BCUT2D eigenvalue weighted by atomic mass is 19.1. The molecule has 1 aromatic rings. The average Bonchev–Trinajstić information content (AvgIpc) is 3.12. The Balaban J connectivity index is 1.59. The Hall–Kier alpha value is -1.42. The second kappa shape index (κ2) is 8.31. The van der Waals surface area contributed by atoms with Gasteiger partial charge in [0.25, 0.3) is 0 Å². The molecule has 0 spiro atoms. The Morgan fingerprint density at radius 3 is 2.60 bits per heavy atom. The molecule has 0 bridgehead atoms. The molecule has 3 nitrogen and oxygen atoms in total. The van der Waals surface area contributed by atoms with Gasteiger partial charge >= 0.3 is 0 Å². The van der Waals surface area contributed by atoms with Gasteiger partial charge in [0, 0.05) is 13.1 Å². The number of benzene rings is 1. The first-order valence-corrected chi connectivity index (χ1v) is 9.87. The summed E-state index contributed by atoms with van der Waals surface area (Å²) in [7, 11) is 0. The first kappa shape index (κ1) is 18.4. The van der Waals surface area contributed by atoms with E-state index >= 15 is 0 Å². The van der Waals surface area contributed by atoms with E-state index in [2.05, 4.69) is 17.1 Å². The summed E-state index contributed by atoms with van der Waals surface area (Å²) in [6, 6.07) is 6.62. The van der Waals surface area contributed by atoms with Gasteiger partial charge in [-0.25, -0.2) is 4.39 Å². The van der Waals surface area contributed by atoms with E-state index in [1.807, 2.05) is 6.07 Å². The molecule has 2 aliphatic rings. The number of carbonyl (C=O) groups excluding carboxylic acids is 1. The van der Waals surface area contributed by atoms with Crippen LogP contribution in [0, 0.1) is 11.7 Å². The van der Waals surface area contributed by atoms with Crippen LogP contribution in [0.5, 0.6) is 0 Å². The van der Waals surface area contributed by atoms with Crippen molar-refractivity contribution in [2.45, 2.75) is 57.3 Å². The van der Waals surface area contributed by atoms with Crippen molar-refractivity contribution in [3.8, 4) is 0 Å². The van der Waals surface area contributed by atoms with Gasteiger partial charge < -0.3 is 10.2 Å². The molecule has 1 atom stereocenters. The van der Waals surface area contributed by atoms with Crippen LogP contribution in [0.3, 0.4) is 0 Å². The third-order valence-electron chi connectivity index (χ3n) is 5.90. The Morgan fingerprint density at radius 1 is 1.20 bits per heavy atom. The van der Waals surface area contributed by atoms with Crippen molar-refractivity contribution >= 4 is 5.91 Å². The number of amides is 1. The first-order valence-electron chi connectivity index (χ1n) is 9.87. The van der Waals surface area contributed by atoms with Crippen molar-refractivity contribution in [1.29, 1.82) is 0 Å². The van der Waals surface area contributed by atoms with Crippen molar-refractivity contribution < 1.29 is 9.18 Å². The molecule has 1 aliphatic heterocycles. The molecule has 1 heterocycles. The summed E-state index contributed by atoms with van der Waals surface area (Å²) in [6.07, 6.45) is 7.65. The molecule has 1 unspecified atom stereocenters. The highest BCUT2D eigenvalue weighted by Gasteiger charge is 2.42. The van der Waals surface area contributed by atoms with Gasteiger partial charge in [-0.05, 0) is 62.4 Å². The van der Waals surface area contributed by atoms with Crippen molar-refractivity contribution in [1.82, 2.24) is 10.2 Å². The van der Waals surface area contributed by atoms with Gasteiger partial charge in [-0.3, -0.25) is 4.79 Å². The highest BCUT2D eigenvalue weighted by Crippen LogP contribution is 2.41. The number of rotatable bonds is 6. The molecule has 1 N–H and O–H groups in total. The predicted octanol–water partition coefficient (Wildman–Crippen LogP) is 3.88. The summed E-state index contributed by atoms with van der Waals surface area (Å²) in [4.78, 5) is 15.5. The van der Waals surface area contributed by atoms with Gasteiger partial charge in [-0.2, -0.15) is 0 Å². The van der Waals surface area contributed by atoms with Crippen LogP contribution >= 0.6 is 0 Å². The van der Waals surface area contributed by atoms with E-state index in [-0.39, 0.29) is 11.7 Å². The number of carbonyl (C=O) groups is 1. The summed E-state index contributed by atoms with van der Waals surface area (Å²) >= 11 is 0. The molecule has 2 fully saturated rings. The lowest BCUT2D eigenvalue weighted by Crippen LogP contribution is -2.45. The zero-order valence-corrected chi connectivity index (χ0v) is 15.4. The molecule has 1 amide bonds. The minimum atomic E-state index is -0.535. The van der Waals surface area contributed by atoms with Crippen molar-refractivity contribution in [2.75, 3.05) is 26.2 Å². The van der Waals surface area contributed by atoms with E-state index in [0.717, 1.165) is 37.8 Å². The summed E-state index contributed by atoms with van der Waals surface area (Å²) in [6.45, 7) is 6.33. The van der Waals surface area contributed by atoms with Gasteiger partial charge in [0.2, 0.25) is 5.91 Å². The standard InChI is InChI=1S/C21H31FN2O/c1-17(16-24-12-5-2-6-13-24)15-23-20(25)21(10-3-4-11-21)18-8-7-9-19(22)14-18/h7-9,14,17H,2-6,10-13,15-16H2,1H3,(H,23,25). The largest absolute Gasteiger partial charge is 0.355 e. The normalized spacial score (nSPS) is 21.8. The molecular formula is C21H31FN2O. The molecule has 4 heteroatoms. The summed E-state index contributed by atoms with van der Waals surface area (Å²) < 4.78 is 13.7. The molecule has 1 saturated heterocycles. The lowest BCUT2D eigenvalue weighted by Gasteiger charge is -2.31. The van der Waals surface area contributed by atoms with E-state index in [9.17, 15) is 9.18 Å². The van der Waals surface area contributed by atoms with Gasteiger partial charge in [0.15, 0.2) is 0 Å². The van der Waals surface area contributed by atoms with Crippen molar-refractivity contribution in [3.05, 3.63) is 35.6 Å². The first-order chi connectivity index (χ1) is 12.1. The zero-order valence-electron chi connectivity index (χ0n) is 15.4. The molecule has 25 heavy (non-hydrogen) atoms. The molecule has 138 valence electrons. The Kier molecular flexibility index (Phi) is 6.10. The average molecular weight is 346 g/mol.